The van der Waals surface area contributed by atoms with E-state index in [1.54, 1.807) is 14.2 Å². The Hall–Kier alpha value is -3.94. The van der Waals surface area contributed by atoms with Gasteiger partial charge in [-0.3, -0.25) is 0 Å². The largest absolute Gasteiger partial charge is 0.496 e. The summed E-state index contributed by atoms with van der Waals surface area (Å²) in [6.07, 6.45) is 0.890. The predicted molar refractivity (Wildman–Crippen MR) is 214 cm³/mol. The van der Waals surface area contributed by atoms with Crippen LogP contribution in [-0.4, -0.2) is 100 Å². The maximum absolute atomic E-state index is 12.3. The number of H-pyrrole nitrogens is 1. The van der Waals surface area contributed by atoms with Gasteiger partial charge in [0.2, 0.25) is 0 Å². The molecule has 0 aliphatic carbocycles. The maximum atomic E-state index is 12.3. The first-order valence-electron chi connectivity index (χ1n) is 19.2. The molecule has 54 heavy (non-hydrogen) atoms. The van der Waals surface area contributed by atoms with Gasteiger partial charge in [0.25, 0.3) is 0 Å². The smallest absolute Gasteiger partial charge is 0.407 e. The molecule has 0 spiro atoms. The van der Waals surface area contributed by atoms with Crippen molar-refractivity contribution in [2.45, 2.75) is 89.1 Å². The first-order chi connectivity index (χ1) is 26.1. The third-order valence-electron chi connectivity index (χ3n) is 9.93. The number of methoxy groups -OCH3 is 2. The third kappa shape index (κ3) is 11.8. The van der Waals surface area contributed by atoms with E-state index >= 15 is 0 Å². The fourth-order valence-electron chi connectivity index (χ4n) is 6.88. The van der Waals surface area contributed by atoms with E-state index in [0.29, 0.717) is 46.0 Å². The molecule has 294 valence electrons. The lowest BCUT2D eigenvalue weighted by Gasteiger charge is -2.40. The second-order valence-corrected chi connectivity index (χ2v) is 20.9. The third-order valence-corrected chi connectivity index (χ3v) is 11.6. The summed E-state index contributed by atoms with van der Waals surface area (Å²) in [4.78, 5) is 22.2. The van der Waals surface area contributed by atoms with Crippen LogP contribution in [0.15, 0.2) is 66.7 Å². The molecule has 5 rings (SSSR count). The number of hydrogen-bond acceptors (Lipinski definition) is 8. The number of benzene rings is 3. The number of nitrogens with zero attached hydrogens (tertiary/aromatic N) is 2. The van der Waals surface area contributed by atoms with E-state index < -0.39 is 26.4 Å². The van der Waals surface area contributed by atoms with E-state index in [-0.39, 0.29) is 18.6 Å². The van der Waals surface area contributed by atoms with Gasteiger partial charge in [-0.25, -0.2) is 9.78 Å². The predicted octanol–water partition coefficient (Wildman–Crippen LogP) is 8.47. The van der Waals surface area contributed by atoms with Crippen molar-refractivity contribution in [3.8, 4) is 11.5 Å². The number of aromatic amines is 1. The Morgan fingerprint density at radius 3 is 2.52 bits per heavy atom. The van der Waals surface area contributed by atoms with E-state index in [1.807, 2.05) is 48.5 Å². The van der Waals surface area contributed by atoms with Crippen molar-refractivity contribution < 1.29 is 38.3 Å². The van der Waals surface area contributed by atoms with Crippen LogP contribution in [-0.2, 0) is 32.0 Å². The summed E-state index contributed by atoms with van der Waals surface area (Å²) < 4.78 is 36.2. The summed E-state index contributed by atoms with van der Waals surface area (Å²) in [6, 6.07) is 23.1. The molecule has 2 N–H and O–H groups in total. The molecular weight excluding hydrogens is 703 g/mol. The fourth-order valence-corrected chi connectivity index (χ4v) is 7.61. The van der Waals surface area contributed by atoms with Gasteiger partial charge in [0.05, 0.1) is 56.7 Å². The standard InChI is InChI=1S/C42H59N3O8Si/c1-30(51-26-27-54(4,5)6)41(35-13-9-14-36-40(35)44-39(43-36)16-10-23-48-2)53-38-28-45(42(46)47)22-21-34(38)31-17-19-33(20-18-31)52-25-11-24-50-29-32-12-7-8-15-37(32)49-3/h7-9,12-15,17-20,30,34,38,41H,10-11,16,21-29H2,1-6H3,(H,43,44)(H,46,47). The molecule has 2 heterocycles. The molecule has 3 aromatic carbocycles. The van der Waals surface area contributed by atoms with Gasteiger partial charge < -0.3 is 43.4 Å². The number of carbonyl (C=O) groups is 1. The normalized spacial score (nSPS) is 17.4. The summed E-state index contributed by atoms with van der Waals surface area (Å²) >= 11 is 0. The summed E-state index contributed by atoms with van der Waals surface area (Å²) in [6.45, 7) is 12.6. The molecule has 1 aliphatic heterocycles. The van der Waals surface area contributed by atoms with Crippen LogP contribution in [0.2, 0.25) is 25.7 Å². The Bertz CT molecular complexity index is 1740. The molecule has 1 amide bonds. The van der Waals surface area contributed by atoms with Crippen molar-refractivity contribution in [2.75, 3.05) is 53.7 Å². The zero-order valence-electron chi connectivity index (χ0n) is 32.8. The number of ether oxygens (including phenoxy) is 6. The number of fused-ring (bicyclic) bond motifs is 1. The quantitative estimate of drug-likeness (QED) is 0.0636. The monoisotopic (exact) mass is 761 g/mol. The van der Waals surface area contributed by atoms with E-state index in [1.165, 1.54) is 4.90 Å². The molecule has 12 heteroatoms. The average molecular weight is 762 g/mol. The lowest BCUT2D eigenvalue weighted by molar-refractivity contribution is -0.115. The number of likely N-dealkylation sites (tertiary alicyclic amines) is 1. The van der Waals surface area contributed by atoms with Gasteiger partial charge in [0.15, 0.2) is 0 Å². The van der Waals surface area contributed by atoms with Gasteiger partial charge in [-0.2, -0.15) is 0 Å². The van der Waals surface area contributed by atoms with Gasteiger partial charge in [-0.1, -0.05) is 62.1 Å². The Labute approximate surface area is 321 Å². The number of piperidine rings is 1. The Morgan fingerprint density at radius 1 is 0.981 bits per heavy atom. The Morgan fingerprint density at radius 2 is 1.78 bits per heavy atom. The van der Waals surface area contributed by atoms with Crippen LogP contribution >= 0.6 is 0 Å². The number of hydrogen-bond donors (Lipinski definition) is 2. The molecule has 1 fully saturated rings. The van der Waals surface area contributed by atoms with Crippen molar-refractivity contribution in [2.24, 2.45) is 0 Å². The maximum Gasteiger partial charge on any atom is 0.407 e. The molecule has 1 saturated heterocycles. The second kappa shape index (κ2) is 20.1. The number of nitrogens with one attached hydrogen (secondary N) is 1. The number of rotatable bonds is 21. The minimum absolute atomic E-state index is 0.0299. The van der Waals surface area contributed by atoms with Crippen LogP contribution < -0.4 is 9.47 Å². The molecule has 0 saturated carbocycles. The number of para-hydroxylation sites is 2. The summed E-state index contributed by atoms with van der Waals surface area (Å²) in [7, 11) is 2.04. The van der Waals surface area contributed by atoms with Crippen LogP contribution in [0.1, 0.15) is 60.7 Å². The lowest BCUT2D eigenvalue weighted by Crippen LogP contribution is -2.47. The van der Waals surface area contributed by atoms with E-state index in [2.05, 4.69) is 49.7 Å². The van der Waals surface area contributed by atoms with Gasteiger partial charge >= 0.3 is 6.09 Å². The van der Waals surface area contributed by atoms with Crippen molar-refractivity contribution in [3.05, 3.63) is 89.2 Å². The molecule has 0 radical (unpaired) electrons. The first-order valence-corrected chi connectivity index (χ1v) is 22.9. The minimum atomic E-state index is -1.34. The van der Waals surface area contributed by atoms with Crippen molar-refractivity contribution >= 4 is 25.2 Å². The molecule has 0 bridgehead atoms. The highest BCUT2D eigenvalue weighted by molar-refractivity contribution is 6.76. The van der Waals surface area contributed by atoms with Crippen LogP contribution in [0.5, 0.6) is 11.5 Å². The number of amides is 1. The summed E-state index contributed by atoms with van der Waals surface area (Å²) in [5, 5.41) is 10.0. The van der Waals surface area contributed by atoms with Gasteiger partial charge in [0.1, 0.15) is 23.4 Å². The lowest BCUT2D eigenvalue weighted by atomic mass is 9.86. The van der Waals surface area contributed by atoms with Crippen LogP contribution in [0.3, 0.4) is 0 Å². The molecule has 4 atom stereocenters. The van der Waals surface area contributed by atoms with Gasteiger partial charge in [-0.05, 0) is 55.6 Å². The Balaban J connectivity index is 1.30. The fraction of sp³-hybridized carbons (Fsp3) is 0.524. The number of aromatic nitrogens is 2. The molecule has 1 aromatic heterocycles. The van der Waals surface area contributed by atoms with Crippen molar-refractivity contribution in [1.29, 1.82) is 0 Å². The van der Waals surface area contributed by atoms with Crippen LogP contribution in [0.4, 0.5) is 4.79 Å². The van der Waals surface area contributed by atoms with Crippen molar-refractivity contribution in [3.63, 3.8) is 0 Å². The number of carboxylic acid groups (broad SMARTS) is 1. The molecule has 4 unspecified atom stereocenters. The van der Waals surface area contributed by atoms with Gasteiger partial charge in [0, 0.05) is 64.8 Å². The number of aryl methyl sites for hydroxylation is 1. The topological polar surface area (TPSA) is 125 Å². The van der Waals surface area contributed by atoms with E-state index in [4.69, 9.17) is 33.4 Å². The molecule has 4 aromatic rings. The van der Waals surface area contributed by atoms with E-state index in [0.717, 1.165) is 70.4 Å². The highest BCUT2D eigenvalue weighted by Gasteiger charge is 2.37. The molecular formula is C42H59N3O8Si. The highest BCUT2D eigenvalue weighted by Crippen LogP contribution is 2.38. The number of imidazole rings is 1. The molecule has 11 nitrogen and oxygen atoms in total. The summed E-state index contributed by atoms with van der Waals surface area (Å²) in [5.74, 6) is 2.47. The highest BCUT2D eigenvalue weighted by atomic mass is 28.3. The van der Waals surface area contributed by atoms with E-state index in [9.17, 15) is 9.90 Å². The second-order valence-electron chi connectivity index (χ2n) is 15.3. The molecule has 1 aliphatic rings. The SMILES string of the molecule is COCCCc1nc2c(C(OC3CN(C(=O)O)CCC3c3ccc(OCCCOCc4ccccc4OC)cc3)C(C)OCC[Si](C)(C)C)cccc2[nH]1. The van der Waals surface area contributed by atoms with Crippen LogP contribution in [0.25, 0.3) is 11.0 Å². The first kappa shape index (κ1) is 41.2. The van der Waals surface area contributed by atoms with Crippen LogP contribution in [0, 0.1) is 0 Å². The zero-order valence-corrected chi connectivity index (χ0v) is 33.8. The Kier molecular flexibility index (Phi) is 15.4. The van der Waals surface area contributed by atoms with Gasteiger partial charge in [-0.15, -0.1) is 0 Å². The summed E-state index contributed by atoms with van der Waals surface area (Å²) in [5.41, 5.74) is 4.83. The zero-order chi connectivity index (χ0) is 38.5. The van der Waals surface area contributed by atoms with Crippen molar-refractivity contribution in [1.82, 2.24) is 14.9 Å². The minimum Gasteiger partial charge on any atom is -0.496 e. The average Bonchev–Trinajstić information content (AvgIpc) is 3.58.